The van der Waals surface area contributed by atoms with Crippen LogP contribution in [0.25, 0.3) is 0 Å². The number of nitriles is 1. The van der Waals surface area contributed by atoms with Gasteiger partial charge in [0.2, 0.25) is 11.8 Å². The summed E-state index contributed by atoms with van der Waals surface area (Å²) in [5.74, 6) is 0.485. The van der Waals surface area contributed by atoms with Crippen molar-refractivity contribution in [1.82, 2.24) is 19.9 Å². The van der Waals surface area contributed by atoms with Crippen molar-refractivity contribution in [2.24, 2.45) is 0 Å². The van der Waals surface area contributed by atoms with Gasteiger partial charge in [-0.25, -0.2) is 14.8 Å². The molecule has 8 nitrogen and oxygen atoms in total. The molecule has 1 N–H and O–H groups in total. The zero-order chi connectivity index (χ0) is 16.9. The van der Waals surface area contributed by atoms with E-state index in [1.165, 1.54) is 6.33 Å². The molecule has 0 spiro atoms. The minimum atomic E-state index is -0.486. The fourth-order valence-electron chi connectivity index (χ4n) is 2.35. The largest absolute Gasteiger partial charge is 0.444 e. The van der Waals surface area contributed by atoms with Crippen molar-refractivity contribution in [1.29, 1.82) is 5.26 Å². The van der Waals surface area contributed by atoms with Crippen LogP contribution in [-0.2, 0) is 4.74 Å². The molecule has 0 bridgehead atoms. The molecule has 0 aliphatic carbocycles. The number of nitrogens with one attached hydrogen (secondary N) is 1. The maximum absolute atomic E-state index is 12.1. The summed E-state index contributed by atoms with van der Waals surface area (Å²) in [6, 6.07) is 2.04. The quantitative estimate of drug-likeness (QED) is 0.888. The van der Waals surface area contributed by atoms with Crippen molar-refractivity contribution in [2.45, 2.75) is 51.7 Å². The molecule has 2 rings (SSSR count). The number of likely N-dealkylation sites (tertiary alicyclic amines) is 1. The second-order valence-corrected chi connectivity index (χ2v) is 6.48. The van der Waals surface area contributed by atoms with Crippen LogP contribution in [0.4, 0.5) is 10.7 Å². The number of rotatable bonds is 2. The SMILES string of the molecule is CC(C)(C)OC(=O)N1CCCC(Nc2ncnc(C#N)n2)CC1. The Hall–Kier alpha value is -2.43. The van der Waals surface area contributed by atoms with Gasteiger partial charge in [0, 0.05) is 19.1 Å². The second kappa shape index (κ2) is 7.22. The maximum atomic E-state index is 12.1. The zero-order valence-corrected chi connectivity index (χ0v) is 13.7. The van der Waals surface area contributed by atoms with E-state index in [1.54, 1.807) is 4.90 Å². The van der Waals surface area contributed by atoms with Crippen LogP contribution in [-0.4, -0.2) is 50.7 Å². The maximum Gasteiger partial charge on any atom is 0.410 e. The third-order valence-corrected chi connectivity index (χ3v) is 3.38. The molecule has 1 aromatic rings. The predicted molar refractivity (Wildman–Crippen MR) is 83.6 cm³/mol. The van der Waals surface area contributed by atoms with Crippen LogP contribution in [0.3, 0.4) is 0 Å². The first-order valence-corrected chi connectivity index (χ1v) is 7.71. The molecule has 2 heterocycles. The Kier molecular flexibility index (Phi) is 5.32. The minimum Gasteiger partial charge on any atom is -0.444 e. The lowest BCUT2D eigenvalue weighted by molar-refractivity contribution is 0.0256. The Morgan fingerprint density at radius 3 is 2.87 bits per heavy atom. The topological polar surface area (TPSA) is 104 Å². The van der Waals surface area contributed by atoms with E-state index in [0.29, 0.717) is 19.0 Å². The summed E-state index contributed by atoms with van der Waals surface area (Å²) in [4.78, 5) is 25.7. The standard InChI is InChI=1S/C15H22N6O2/c1-15(2,3)23-14(22)21-7-4-5-11(6-8-21)19-13-18-10-17-12(9-16)20-13/h10-11H,4-8H2,1-3H3,(H,17,18,19,20). The molecule has 124 valence electrons. The second-order valence-electron chi connectivity index (χ2n) is 6.48. The molecule has 1 fully saturated rings. The highest BCUT2D eigenvalue weighted by Crippen LogP contribution is 2.17. The molecule has 8 heteroatoms. The Bertz CT molecular complexity index is 592. The molecule has 1 atom stereocenters. The van der Waals surface area contributed by atoms with E-state index in [4.69, 9.17) is 10.00 Å². The van der Waals surface area contributed by atoms with E-state index in [2.05, 4.69) is 20.3 Å². The van der Waals surface area contributed by atoms with Crippen LogP contribution in [0, 0.1) is 11.3 Å². The molecular formula is C15H22N6O2. The van der Waals surface area contributed by atoms with Crippen molar-refractivity contribution in [3.63, 3.8) is 0 Å². The summed E-state index contributed by atoms with van der Waals surface area (Å²) >= 11 is 0. The molecule has 1 aliphatic heterocycles. The first-order chi connectivity index (χ1) is 10.9. The molecule has 0 saturated carbocycles. The number of carbonyl (C=O) groups excluding carboxylic acids is 1. The molecule has 1 aliphatic rings. The molecule has 23 heavy (non-hydrogen) atoms. The van der Waals surface area contributed by atoms with E-state index >= 15 is 0 Å². The highest BCUT2D eigenvalue weighted by molar-refractivity contribution is 5.68. The number of ether oxygens (including phenoxy) is 1. The van der Waals surface area contributed by atoms with Crippen molar-refractivity contribution < 1.29 is 9.53 Å². The van der Waals surface area contributed by atoms with Crippen molar-refractivity contribution >= 4 is 12.0 Å². The van der Waals surface area contributed by atoms with Gasteiger partial charge in [-0.1, -0.05) is 0 Å². The molecule has 0 aromatic carbocycles. The minimum absolute atomic E-state index is 0.0894. The average Bonchev–Trinajstić information content (AvgIpc) is 2.71. The molecule has 1 aromatic heterocycles. The highest BCUT2D eigenvalue weighted by Gasteiger charge is 2.25. The smallest absolute Gasteiger partial charge is 0.410 e. The van der Waals surface area contributed by atoms with Gasteiger partial charge in [-0.2, -0.15) is 10.2 Å². The van der Waals surface area contributed by atoms with Gasteiger partial charge >= 0.3 is 6.09 Å². The summed E-state index contributed by atoms with van der Waals surface area (Å²) < 4.78 is 5.41. The van der Waals surface area contributed by atoms with Gasteiger partial charge in [0.05, 0.1) is 0 Å². The Balaban J connectivity index is 1.91. The summed E-state index contributed by atoms with van der Waals surface area (Å²) in [5.41, 5.74) is -0.486. The normalized spacial score (nSPS) is 18.7. The van der Waals surface area contributed by atoms with E-state index < -0.39 is 5.60 Å². The number of hydrogen-bond donors (Lipinski definition) is 1. The number of nitrogens with zero attached hydrogens (tertiary/aromatic N) is 5. The average molecular weight is 318 g/mol. The Labute approximate surface area is 135 Å². The third kappa shape index (κ3) is 5.36. The number of hydrogen-bond acceptors (Lipinski definition) is 7. The number of amides is 1. The van der Waals surface area contributed by atoms with Crippen molar-refractivity contribution in [2.75, 3.05) is 18.4 Å². The summed E-state index contributed by atoms with van der Waals surface area (Å²) in [6.45, 7) is 6.87. The fourth-order valence-corrected chi connectivity index (χ4v) is 2.35. The van der Waals surface area contributed by atoms with Crippen LogP contribution < -0.4 is 5.32 Å². The van der Waals surface area contributed by atoms with E-state index in [9.17, 15) is 4.79 Å². The van der Waals surface area contributed by atoms with Crippen LogP contribution in [0.5, 0.6) is 0 Å². The van der Waals surface area contributed by atoms with Gasteiger partial charge in [0.1, 0.15) is 18.0 Å². The molecule has 0 radical (unpaired) electrons. The van der Waals surface area contributed by atoms with E-state index in [1.807, 2.05) is 26.8 Å². The predicted octanol–water partition coefficient (Wildman–Crippen LogP) is 1.94. The van der Waals surface area contributed by atoms with Crippen molar-refractivity contribution in [3.8, 4) is 6.07 Å². The van der Waals surface area contributed by atoms with Crippen LogP contribution in [0.1, 0.15) is 45.9 Å². The first kappa shape index (κ1) is 16.9. The lowest BCUT2D eigenvalue weighted by Gasteiger charge is -2.26. The highest BCUT2D eigenvalue weighted by atomic mass is 16.6. The van der Waals surface area contributed by atoms with Crippen LogP contribution in [0.2, 0.25) is 0 Å². The molecule has 1 unspecified atom stereocenters. The first-order valence-electron chi connectivity index (χ1n) is 7.71. The fraction of sp³-hybridized carbons (Fsp3) is 0.667. The van der Waals surface area contributed by atoms with Crippen LogP contribution in [0.15, 0.2) is 6.33 Å². The van der Waals surface area contributed by atoms with Gasteiger partial charge in [-0.15, -0.1) is 0 Å². The lowest BCUT2D eigenvalue weighted by Crippen LogP contribution is -2.37. The Morgan fingerprint density at radius 1 is 1.39 bits per heavy atom. The van der Waals surface area contributed by atoms with Gasteiger partial charge in [-0.05, 0) is 40.0 Å². The van der Waals surface area contributed by atoms with E-state index in [0.717, 1.165) is 19.3 Å². The van der Waals surface area contributed by atoms with Gasteiger partial charge in [0.25, 0.3) is 0 Å². The number of carbonyl (C=O) groups is 1. The summed E-state index contributed by atoms with van der Waals surface area (Å²) in [7, 11) is 0. The number of aromatic nitrogens is 3. The lowest BCUT2D eigenvalue weighted by atomic mass is 10.1. The van der Waals surface area contributed by atoms with Gasteiger partial charge in [-0.3, -0.25) is 0 Å². The van der Waals surface area contributed by atoms with Crippen molar-refractivity contribution in [3.05, 3.63) is 12.2 Å². The molecular weight excluding hydrogens is 296 g/mol. The van der Waals surface area contributed by atoms with Gasteiger partial charge in [0.15, 0.2) is 0 Å². The van der Waals surface area contributed by atoms with Gasteiger partial charge < -0.3 is 15.0 Å². The van der Waals surface area contributed by atoms with E-state index in [-0.39, 0.29) is 18.0 Å². The third-order valence-electron chi connectivity index (χ3n) is 3.38. The molecule has 1 saturated heterocycles. The summed E-state index contributed by atoms with van der Waals surface area (Å²) in [5, 5.41) is 12.0. The number of anilines is 1. The Morgan fingerprint density at radius 2 is 2.17 bits per heavy atom. The molecule has 1 amide bonds. The monoisotopic (exact) mass is 318 g/mol. The summed E-state index contributed by atoms with van der Waals surface area (Å²) in [6.07, 6.45) is 3.58. The zero-order valence-electron chi connectivity index (χ0n) is 13.7. The van der Waals surface area contributed by atoms with Crippen LogP contribution >= 0.6 is 0 Å².